The number of aliphatic hydroxyl groups excluding tert-OH is 2. The van der Waals surface area contributed by atoms with Gasteiger partial charge in [-0.2, -0.15) is 27.5 Å². The van der Waals surface area contributed by atoms with Gasteiger partial charge in [0.1, 0.15) is 5.56 Å². The minimum atomic E-state index is -2.25. The van der Waals surface area contributed by atoms with Crippen molar-refractivity contribution >= 4 is 5.90 Å². The van der Waals surface area contributed by atoms with Gasteiger partial charge in [0.15, 0.2) is 23.3 Å². The van der Waals surface area contributed by atoms with Gasteiger partial charge in [-0.25, -0.2) is 22.6 Å². The highest BCUT2D eigenvalue weighted by molar-refractivity contribution is 5.95. The summed E-state index contributed by atoms with van der Waals surface area (Å²) in [6.45, 7) is 0. The van der Waals surface area contributed by atoms with E-state index in [1.54, 1.807) is 0 Å². The van der Waals surface area contributed by atoms with Crippen LogP contribution in [0, 0.1) is 47.1 Å². The molecule has 30 heavy (non-hydrogen) atoms. The van der Waals surface area contributed by atoms with Gasteiger partial charge in [-0.05, 0) is 0 Å². The monoisotopic (exact) mass is 443 g/mol. The summed E-state index contributed by atoms with van der Waals surface area (Å²) in [6.07, 6.45) is -5.47. The lowest BCUT2D eigenvalue weighted by Crippen LogP contribution is -2.32. The van der Waals surface area contributed by atoms with Crippen molar-refractivity contribution in [2.24, 2.45) is 4.99 Å². The van der Waals surface area contributed by atoms with E-state index >= 15 is 0 Å². The fourth-order valence-electron chi connectivity index (χ4n) is 2.78. The van der Waals surface area contributed by atoms with Gasteiger partial charge in [0.05, 0.1) is 17.7 Å². The zero-order valence-electron chi connectivity index (χ0n) is 14.3. The maximum atomic E-state index is 13.9. The van der Waals surface area contributed by atoms with Crippen molar-refractivity contribution in [3.63, 3.8) is 0 Å². The fraction of sp³-hybridized carbons (Fsp3) is 0.312. The molecule has 0 saturated carbocycles. The zero-order chi connectivity index (χ0) is 22.3. The predicted octanol–water partition coefficient (Wildman–Crippen LogP) is 2.57. The SMILES string of the molecule is OC1CC(CC(O)c2c(F)c(F)nc(F)c2F)N=C(c2c(F)c(F)nc(F)c2F)O1. The van der Waals surface area contributed by atoms with Crippen LogP contribution >= 0.6 is 0 Å². The lowest BCUT2D eigenvalue weighted by atomic mass is 9.99. The molecule has 3 unspecified atom stereocenters. The molecular formula is C16H9F8N3O3. The number of hydrogen-bond acceptors (Lipinski definition) is 6. The third-order valence-corrected chi connectivity index (χ3v) is 4.09. The molecular weight excluding hydrogens is 434 g/mol. The van der Waals surface area contributed by atoms with Crippen molar-refractivity contribution in [2.45, 2.75) is 31.3 Å². The molecule has 0 aliphatic carbocycles. The standard InChI is InChI=1S/C16H9F8N3O3/c17-8-6(9(18)13(22)26-12(8)21)4(28)1-3-2-5(29)30-16(25-3)7-10(19)14(23)27-15(24)11(7)20/h3-5,28-29H,1-2H2. The van der Waals surface area contributed by atoms with Crippen LogP contribution in [0.1, 0.15) is 30.1 Å². The van der Waals surface area contributed by atoms with Crippen LogP contribution in [-0.4, -0.2) is 38.4 Å². The molecule has 3 heterocycles. The molecule has 2 aromatic rings. The molecule has 0 aromatic carbocycles. The summed E-state index contributed by atoms with van der Waals surface area (Å²) >= 11 is 0. The Morgan fingerprint density at radius 3 is 1.80 bits per heavy atom. The number of pyridine rings is 2. The van der Waals surface area contributed by atoms with Gasteiger partial charge in [-0.1, -0.05) is 0 Å². The number of hydrogen-bond donors (Lipinski definition) is 2. The quantitative estimate of drug-likeness (QED) is 0.561. The topological polar surface area (TPSA) is 87.8 Å². The molecule has 2 aromatic heterocycles. The van der Waals surface area contributed by atoms with Crippen LogP contribution in [0.25, 0.3) is 0 Å². The van der Waals surface area contributed by atoms with Crippen LogP contribution in [0.15, 0.2) is 4.99 Å². The maximum Gasteiger partial charge on any atom is 0.252 e. The van der Waals surface area contributed by atoms with Crippen LogP contribution < -0.4 is 0 Å². The number of aliphatic imine (C=N–C) groups is 1. The molecule has 3 atom stereocenters. The molecule has 0 saturated heterocycles. The lowest BCUT2D eigenvalue weighted by Gasteiger charge is -2.27. The Morgan fingerprint density at radius 1 is 0.833 bits per heavy atom. The van der Waals surface area contributed by atoms with Gasteiger partial charge in [-0.3, -0.25) is 0 Å². The van der Waals surface area contributed by atoms with Crippen LogP contribution in [0.5, 0.6) is 0 Å². The first-order valence-corrected chi connectivity index (χ1v) is 8.02. The first-order valence-electron chi connectivity index (χ1n) is 8.02. The number of halogens is 8. The molecule has 162 valence electrons. The smallest absolute Gasteiger partial charge is 0.252 e. The van der Waals surface area contributed by atoms with Crippen molar-refractivity contribution < 1.29 is 50.1 Å². The van der Waals surface area contributed by atoms with Crippen LogP contribution in [0.4, 0.5) is 35.1 Å². The number of ether oxygens (including phenoxy) is 1. The largest absolute Gasteiger partial charge is 0.448 e. The van der Waals surface area contributed by atoms with Crippen molar-refractivity contribution in [2.75, 3.05) is 0 Å². The van der Waals surface area contributed by atoms with E-state index in [1.165, 1.54) is 0 Å². The fourth-order valence-corrected chi connectivity index (χ4v) is 2.78. The molecule has 0 spiro atoms. The number of nitrogens with zero attached hydrogens (tertiary/aromatic N) is 3. The first kappa shape index (κ1) is 21.8. The highest BCUT2D eigenvalue weighted by atomic mass is 19.2. The van der Waals surface area contributed by atoms with Crippen molar-refractivity contribution in [1.29, 1.82) is 0 Å². The third kappa shape index (κ3) is 3.92. The van der Waals surface area contributed by atoms with Gasteiger partial charge < -0.3 is 14.9 Å². The average Bonchev–Trinajstić information content (AvgIpc) is 2.65. The summed E-state index contributed by atoms with van der Waals surface area (Å²) in [5, 5.41) is 19.7. The van der Waals surface area contributed by atoms with Gasteiger partial charge in [-0.15, -0.1) is 0 Å². The van der Waals surface area contributed by atoms with Gasteiger partial charge in [0.25, 0.3) is 23.8 Å². The van der Waals surface area contributed by atoms with Crippen molar-refractivity contribution in [3.8, 4) is 0 Å². The zero-order valence-corrected chi connectivity index (χ0v) is 14.3. The Morgan fingerprint density at radius 2 is 1.30 bits per heavy atom. The summed E-state index contributed by atoms with van der Waals surface area (Å²) in [4.78, 5) is 8.21. The molecule has 1 aliphatic heterocycles. The molecule has 0 amide bonds. The van der Waals surface area contributed by atoms with Gasteiger partial charge in [0, 0.05) is 12.8 Å². The molecule has 2 N–H and O–H groups in total. The maximum absolute atomic E-state index is 13.9. The number of aliphatic hydroxyl groups is 2. The van der Waals surface area contributed by atoms with Crippen LogP contribution in [-0.2, 0) is 4.74 Å². The Hall–Kier alpha value is -2.87. The minimum Gasteiger partial charge on any atom is -0.448 e. The van der Waals surface area contributed by atoms with E-state index < -0.39 is 95.4 Å². The Balaban J connectivity index is 1.97. The van der Waals surface area contributed by atoms with E-state index in [0.717, 1.165) is 0 Å². The van der Waals surface area contributed by atoms with Crippen LogP contribution in [0.2, 0.25) is 0 Å². The summed E-state index contributed by atoms with van der Waals surface area (Å²) in [5.74, 6) is -17.3. The van der Waals surface area contributed by atoms with Crippen molar-refractivity contribution in [3.05, 3.63) is 58.2 Å². The average molecular weight is 443 g/mol. The van der Waals surface area contributed by atoms with E-state index in [9.17, 15) is 45.3 Å². The summed E-state index contributed by atoms with van der Waals surface area (Å²) in [5.41, 5.74) is -2.90. The molecule has 6 nitrogen and oxygen atoms in total. The Labute approximate surface area is 161 Å². The Kier molecular flexibility index (Phi) is 5.90. The van der Waals surface area contributed by atoms with Gasteiger partial charge >= 0.3 is 0 Å². The normalized spacial score (nSPS) is 20.0. The lowest BCUT2D eigenvalue weighted by molar-refractivity contribution is -0.0498. The van der Waals surface area contributed by atoms with Crippen LogP contribution in [0.3, 0.4) is 0 Å². The second-order valence-electron chi connectivity index (χ2n) is 6.08. The number of rotatable bonds is 4. The molecule has 0 fully saturated rings. The molecule has 0 bridgehead atoms. The van der Waals surface area contributed by atoms with E-state index in [1.807, 2.05) is 0 Å². The van der Waals surface area contributed by atoms with E-state index in [0.29, 0.717) is 0 Å². The predicted molar refractivity (Wildman–Crippen MR) is 79.7 cm³/mol. The van der Waals surface area contributed by atoms with E-state index in [-0.39, 0.29) is 0 Å². The van der Waals surface area contributed by atoms with Gasteiger partial charge in [0.2, 0.25) is 12.2 Å². The molecule has 3 rings (SSSR count). The highest BCUT2D eigenvalue weighted by Gasteiger charge is 2.34. The summed E-state index contributed by atoms with van der Waals surface area (Å²) < 4.78 is 113. The highest BCUT2D eigenvalue weighted by Crippen LogP contribution is 2.31. The summed E-state index contributed by atoms with van der Waals surface area (Å²) in [7, 11) is 0. The van der Waals surface area contributed by atoms with E-state index in [4.69, 9.17) is 0 Å². The molecule has 14 heteroatoms. The molecule has 1 aliphatic rings. The third-order valence-electron chi connectivity index (χ3n) is 4.09. The van der Waals surface area contributed by atoms with E-state index in [2.05, 4.69) is 19.7 Å². The second kappa shape index (κ2) is 8.10. The van der Waals surface area contributed by atoms with Crippen molar-refractivity contribution in [1.82, 2.24) is 9.97 Å². The summed E-state index contributed by atoms with van der Waals surface area (Å²) in [6, 6.07) is -1.41. The second-order valence-corrected chi connectivity index (χ2v) is 6.08. The Bertz CT molecular complexity index is 983. The first-order chi connectivity index (χ1) is 14.0. The minimum absolute atomic E-state index is 0.515. The number of aromatic nitrogens is 2. The molecule has 0 radical (unpaired) electrons.